The molecular weight excluding hydrogens is 1440 g/mol. The van der Waals surface area contributed by atoms with Crippen LogP contribution in [-0.4, -0.2) is 139 Å². The van der Waals surface area contributed by atoms with Crippen molar-refractivity contribution < 1.29 is 54.1 Å². The van der Waals surface area contributed by atoms with Crippen molar-refractivity contribution in [3.8, 4) is 0 Å². The summed E-state index contributed by atoms with van der Waals surface area (Å²) in [7, 11) is -36.9. The number of halogens is 13. The molecule has 0 aromatic rings. The Kier molecular flexibility index (Phi) is 33.9. The summed E-state index contributed by atoms with van der Waals surface area (Å²) in [5.41, 5.74) is 0. The van der Waals surface area contributed by atoms with Crippen molar-refractivity contribution in [3.63, 3.8) is 0 Å². The van der Waals surface area contributed by atoms with E-state index in [1.165, 1.54) is 0 Å². The van der Waals surface area contributed by atoms with Crippen LogP contribution in [0.15, 0.2) is 0 Å². The molecule has 42 heteroatoms. The number of hydrogen-bond donors (Lipinski definition) is 0. The second-order valence-corrected chi connectivity index (χ2v) is 100. The van der Waals surface area contributed by atoms with Gasteiger partial charge in [0.05, 0.1) is 12.5 Å². The molecule has 1 saturated heterocycles. The van der Waals surface area contributed by atoms with Crippen molar-refractivity contribution in [1.82, 2.24) is 0 Å². The third-order valence-electron chi connectivity index (χ3n) is 5.96. The second-order valence-electron chi connectivity index (χ2n) is 20.7. The highest BCUT2D eigenvalue weighted by Gasteiger charge is 2.52. The molecule has 0 amide bonds. The van der Waals surface area contributed by atoms with Gasteiger partial charge in [-0.3, -0.25) is 0 Å². The van der Waals surface area contributed by atoms with Gasteiger partial charge >= 0.3 is 87.9 Å². The average molecular weight is 1520 g/mol. The Hall–Kier alpha value is 6.72. The maximum atomic E-state index is 6.31. The summed E-state index contributed by atoms with van der Waals surface area (Å²) in [5.74, 6) is 0. The highest BCUT2D eigenvalue weighted by atomic mass is 35.7. The summed E-state index contributed by atoms with van der Waals surface area (Å²) in [6.07, 6.45) is 0.568. The molecule has 1 rings (SSSR count). The van der Waals surface area contributed by atoms with E-state index in [9.17, 15) is 0 Å². The van der Waals surface area contributed by atoms with Gasteiger partial charge in [-0.1, -0.05) is 22.2 Å². The molecule has 0 radical (unpaired) electrons. The van der Waals surface area contributed by atoms with Crippen molar-refractivity contribution >= 4 is 270 Å². The van der Waals surface area contributed by atoms with E-state index in [0.29, 0.717) is 0 Å². The smallest absolute Gasteiger partial charge is 0.425 e. The normalized spacial score (nSPS) is 24.8. The van der Waals surface area contributed by atoms with E-state index in [4.69, 9.17) is 198 Å². The minimum absolute atomic E-state index is 0.284. The molecule has 4 atom stereocenters. The SMILES string of the molecule is C[Si](C)(Cl)O[Si](C)(C)O[Si](C)(C)O[Si](C)(C)Cl.C[Si](C)(Cl)O[Si](C)(C)O[Si](C)(C)O[Si](C)(Cl)Cl.C[Si](C)(Cl)O[Si](C)(C)O[Si](Cl)(Cl)O[Si](C)(C)Cl.C[Si]1(Cl)COC[Si](C)(Cl)O[Si](C)(Cl)O[Si](C)(Cl)O1. The molecule has 1 heterocycles. The predicted octanol–water partition coefficient (Wildman–Crippen LogP) is 16.7. The lowest BCUT2D eigenvalue weighted by atomic mass is 11.5. The molecule has 0 aromatic carbocycles. The van der Waals surface area contributed by atoms with E-state index in [1.54, 1.807) is 45.8 Å². The topological polar surface area (TPSA) is 120 Å². The summed E-state index contributed by atoms with van der Waals surface area (Å²) in [5, 5.41) is 0. The molecular formula is C27H79Cl13O13Si16. The van der Waals surface area contributed by atoms with Gasteiger partial charge < -0.3 is 54.1 Å². The second kappa shape index (κ2) is 29.3. The first kappa shape index (κ1) is 79.9. The van der Waals surface area contributed by atoms with Gasteiger partial charge in [0.15, 0.2) is 0 Å². The van der Waals surface area contributed by atoms with Gasteiger partial charge in [-0.05, 0) is 164 Å². The number of rotatable bonds is 18. The Balaban J connectivity index is -0.000000842. The molecule has 0 saturated carbocycles. The van der Waals surface area contributed by atoms with Gasteiger partial charge in [0.25, 0.3) is 38.1 Å². The van der Waals surface area contributed by atoms with Crippen LogP contribution in [0.25, 0.3) is 0 Å². The minimum atomic E-state index is -3.30. The highest BCUT2D eigenvalue weighted by molar-refractivity contribution is 7.44. The molecule has 4 unspecified atom stereocenters. The largest absolute Gasteiger partial charge is 0.532 e. The van der Waals surface area contributed by atoms with E-state index in [2.05, 4.69) is 0 Å². The van der Waals surface area contributed by atoms with E-state index >= 15 is 0 Å². The van der Waals surface area contributed by atoms with Crippen LogP contribution in [0.1, 0.15) is 0 Å². The Labute approximate surface area is 494 Å². The van der Waals surface area contributed by atoms with Gasteiger partial charge in [0.2, 0.25) is 0 Å². The molecule has 0 aromatic heterocycles. The minimum Gasteiger partial charge on any atom is -0.425 e. The zero-order valence-electron chi connectivity index (χ0n) is 44.6. The zero-order chi connectivity index (χ0) is 56.6. The van der Waals surface area contributed by atoms with Crippen LogP contribution in [0.3, 0.4) is 0 Å². The fourth-order valence-corrected chi connectivity index (χ4v) is 85.5. The van der Waals surface area contributed by atoms with Crippen molar-refractivity contribution in [3.05, 3.63) is 0 Å². The van der Waals surface area contributed by atoms with Gasteiger partial charge in [-0.2, -0.15) is 0 Å². The third kappa shape index (κ3) is 52.5. The first-order valence-corrected chi connectivity index (χ1v) is 77.0. The summed E-state index contributed by atoms with van der Waals surface area (Å²) in [6.45, 7) is 44.4. The molecule has 69 heavy (non-hydrogen) atoms. The Bertz CT molecular complexity index is 1310. The van der Waals surface area contributed by atoms with Gasteiger partial charge in [-0.15, -0.1) is 122 Å². The van der Waals surface area contributed by atoms with Crippen molar-refractivity contribution in [1.29, 1.82) is 0 Å². The van der Waals surface area contributed by atoms with Crippen molar-refractivity contribution in [2.45, 2.75) is 164 Å². The molecule has 1 aliphatic heterocycles. The van der Waals surface area contributed by atoms with Crippen LogP contribution in [0.4, 0.5) is 0 Å². The van der Waals surface area contributed by atoms with Crippen molar-refractivity contribution in [2.24, 2.45) is 0 Å². The fraction of sp³-hybridized carbons (Fsp3) is 1.00. The highest BCUT2D eigenvalue weighted by Crippen LogP contribution is 2.34. The molecule has 1 fully saturated rings. The maximum Gasteiger partial charge on any atom is 0.532 e. The standard InChI is InChI=1S/C8H24Cl2O3Si4.C7H21Cl3O3Si4.C6H16Cl4O4Si4.C6H18Cl4O3Si4/c1-14(2,9)11-16(5,6)13-17(7,8)12-15(3,4)10;1-14(2,8)11-15(3,4)12-16(5,6)13-17(7,9)10;1-15(7)5-11-6-16(2,8)13-18(4,10)14-17(3,9)12-15;1-14(2,7)11-16(5,6)13-17(9,10)12-15(3,4)8/h1-8H3;1-7H3;5-6H2,1-4H3;1-6H3. The maximum absolute atomic E-state index is 6.31. The van der Waals surface area contributed by atoms with E-state index in [1.807, 2.05) is 118 Å². The predicted molar refractivity (Wildman–Crippen MR) is 339 cm³/mol. The van der Waals surface area contributed by atoms with Gasteiger partial charge in [0.1, 0.15) is 0 Å². The quantitative estimate of drug-likeness (QED) is 0.0957. The fourth-order valence-electron chi connectivity index (χ4n) is 6.25. The van der Waals surface area contributed by atoms with Crippen LogP contribution >= 0.6 is 144 Å². The van der Waals surface area contributed by atoms with Crippen LogP contribution in [0.5, 0.6) is 0 Å². The van der Waals surface area contributed by atoms with Crippen LogP contribution < -0.4 is 0 Å². The first-order chi connectivity index (χ1) is 29.2. The van der Waals surface area contributed by atoms with Crippen LogP contribution in [0.2, 0.25) is 164 Å². The van der Waals surface area contributed by atoms with Crippen molar-refractivity contribution in [2.75, 3.05) is 12.5 Å². The summed E-state index contributed by atoms with van der Waals surface area (Å²) < 4.78 is 75.0. The van der Waals surface area contributed by atoms with E-state index < -0.39 is 126 Å². The lowest BCUT2D eigenvalue weighted by molar-refractivity contribution is 0.192. The van der Waals surface area contributed by atoms with Gasteiger partial charge in [0, 0.05) is 0 Å². The van der Waals surface area contributed by atoms with Crippen LogP contribution in [0, 0.1) is 0 Å². The molecule has 420 valence electrons. The summed E-state index contributed by atoms with van der Waals surface area (Å²) in [6, 6.07) is 0. The Morgan fingerprint density at radius 3 is 0.739 bits per heavy atom. The lowest BCUT2D eigenvalue weighted by Gasteiger charge is -2.38. The number of hydrogen-bond acceptors (Lipinski definition) is 13. The Morgan fingerprint density at radius 1 is 0.304 bits per heavy atom. The monoisotopic (exact) mass is 1510 g/mol. The van der Waals surface area contributed by atoms with Crippen LogP contribution in [-0.2, 0) is 54.1 Å². The molecule has 0 N–H and O–H groups in total. The van der Waals surface area contributed by atoms with E-state index in [0.717, 1.165) is 0 Å². The summed E-state index contributed by atoms with van der Waals surface area (Å²) >= 11 is 80.0. The average Bonchev–Trinajstić information content (AvgIpc) is 2.79. The molecule has 1 aliphatic rings. The van der Waals surface area contributed by atoms with Gasteiger partial charge in [-0.25, -0.2) is 0 Å². The lowest BCUT2D eigenvalue weighted by Crippen LogP contribution is -2.57. The zero-order valence-corrected chi connectivity index (χ0v) is 70.5. The summed E-state index contributed by atoms with van der Waals surface area (Å²) in [4.78, 5) is 0. The number of ether oxygens (including phenoxy) is 1. The molecule has 0 spiro atoms. The molecule has 0 aliphatic carbocycles. The third-order valence-corrected chi connectivity index (χ3v) is 61.8. The molecule has 13 nitrogen and oxygen atoms in total. The first-order valence-electron chi connectivity index (χ1n) is 21.1. The Morgan fingerprint density at radius 2 is 0.522 bits per heavy atom. The molecule has 0 bridgehead atoms. The van der Waals surface area contributed by atoms with E-state index in [-0.39, 0.29) is 12.5 Å².